The number of rotatable bonds is 6. The van der Waals surface area contributed by atoms with Gasteiger partial charge in [-0.15, -0.1) is 0 Å². The minimum absolute atomic E-state index is 0.0505. The number of nitrogens with one attached hydrogen (secondary N) is 1. The summed E-state index contributed by atoms with van der Waals surface area (Å²) < 4.78 is 29.9. The van der Waals surface area contributed by atoms with Crippen LogP contribution in [-0.2, 0) is 9.53 Å². The fourth-order valence-corrected chi connectivity index (χ4v) is 2.75. The van der Waals surface area contributed by atoms with Crippen LogP contribution in [0.2, 0.25) is 5.02 Å². The maximum atomic E-state index is 12.5. The van der Waals surface area contributed by atoms with E-state index in [0.717, 1.165) is 0 Å². The molecule has 0 saturated heterocycles. The maximum Gasteiger partial charge on any atom is 0.339 e. The molecule has 2 rings (SSSR count). The number of carbonyl (C=O) groups excluding carboxylic acids is 2. The van der Waals surface area contributed by atoms with Gasteiger partial charge in [0.25, 0.3) is 11.7 Å². The zero-order chi connectivity index (χ0) is 19.1. The standard InChI is InChI=1S/C17H11ClF2N2O3S/c18-11-6-5-10(8-21)13(7-11)22-15(23)9-25-16(24)12-3-1-2-4-14(12)26-17(19)20/h1-7,17H,9H2,(H,22,23). The summed E-state index contributed by atoms with van der Waals surface area (Å²) in [5.74, 6) is -4.30. The van der Waals surface area contributed by atoms with Crippen LogP contribution in [0.4, 0.5) is 14.5 Å². The highest BCUT2D eigenvalue weighted by Gasteiger charge is 2.17. The second-order valence-electron chi connectivity index (χ2n) is 4.80. The smallest absolute Gasteiger partial charge is 0.339 e. The molecule has 2 aromatic carbocycles. The molecule has 26 heavy (non-hydrogen) atoms. The highest BCUT2D eigenvalue weighted by atomic mass is 35.5. The van der Waals surface area contributed by atoms with Gasteiger partial charge in [-0.1, -0.05) is 35.5 Å². The zero-order valence-electron chi connectivity index (χ0n) is 13.0. The van der Waals surface area contributed by atoms with Crippen LogP contribution in [0.1, 0.15) is 15.9 Å². The summed E-state index contributed by atoms with van der Waals surface area (Å²) in [7, 11) is 0. The highest BCUT2D eigenvalue weighted by molar-refractivity contribution is 7.99. The van der Waals surface area contributed by atoms with E-state index >= 15 is 0 Å². The van der Waals surface area contributed by atoms with Crippen molar-refractivity contribution in [3.8, 4) is 6.07 Å². The lowest BCUT2D eigenvalue weighted by atomic mass is 10.2. The van der Waals surface area contributed by atoms with Crippen LogP contribution < -0.4 is 5.32 Å². The Morgan fingerprint density at radius 1 is 1.27 bits per heavy atom. The van der Waals surface area contributed by atoms with Crippen molar-refractivity contribution in [2.75, 3.05) is 11.9 Å². The molecule has 0 atom stereocenters. The molecule has 0 aromatic heterocycles. The van der Waals surface area contributed by atoms with E-state index in [9.17, 15) is 18.4 Å². The molecule has 0 aliphatic heterocycles. The number of halogens is 3. The highest BCUT2D eigenvalue weighted by Crippen LogP contribution is 2.28. The van der Waals surface area contributed by atoms with Crippen molar-refractivity contribution < 1.29 is 23.1 Å². The number of nitriles is 1. The van der Waals surface area contributed by atoms with Crippen molar-refractivity contribution in [1.82, 2.24) is 0 Å². The molecule has 9 heteroatoms. The largest absolute Gasteiger partial charge is 0.452 e. The Hall–Kier alpha value is -2.63. The predicted molar refractivity (Wildman–Crippen MR) is 93.4 cm³/mol. The summed E-state index contributed by atoms with van der Waals surface area (Å²) in [6.45, 7) is -0.649. The molecule has 1 amide bonds. The van der Waals surface area contributed by atoms with E-state index in [-0.39, 0.29) is 33.5 Å². The summed E-state index contributed by atoms with van der Waals surface area (Å²) >= 11 is 6.03. The third-order valence-electron chi connectivity index (χ3n) is 3.03. The molecular weight excluding hydrogens is 386 g/mol. The van der Waals surface area contributed by atoms with E-state index < -0.39 is 24.2 Å². The third-order valence-corrected chi connectivity index (χ3v) is 4.06. The number of hydrogen-bond acceptors (Lipinski definition) is 5. The van der Waals surface area contributed by atoms with Crippen LogP contribution in [0.3, 0.4) is 0 Å². The van der Waals surface area contributed by atoms with Gasteiger partial charge in [0, 0.05) is 9.92 Å². The topological polar surface area (TPSA) is 79.2 Å². The van der Waals surface area contributed by atoms with Gasteiger partial charge in [0.1, 0.15) is 6.07 Å². The number of thioether (sulfide) groups is 1. The van der Waals surface area contributed by atoms with Crippen LogP contribution >= 0.6 is 23.4 Å². The molecule has 0 aliphatic rings. The first-order valence-corrected chi connectivity index (χ1v) is 8.37. The Bertz CT molecular complexity index is 871. The third kappa shape index (κ3) is 5.44. The molecule has 5 nitrogen and oxygen atoms in total. The molecule has 0 saturated carbocycles. The number of amides is 1. The van der Waals surface area contributed by atoms with E-state index in [1.807, 2.05) is 6.07 Å². The van der Waals surface area contributed by atoms with Crippen molar-refractivity contribution in [1.29, 1.82) is 5.26 Å². The van der Waals surface area contributed by atoms with Crippen molar-refractivity contribution >= 4 is 40.9 Å². The number of nitrogens with zero attached hydrogens (tertiary/aromatic N) is 1. The van der Waals surface area contributed by atoms with E-state index in [2.05, 4.69) is 5.32 Å². The molecule has 134 valence electrons. The summed E-state index contributed by atoms with van der Waals surface area (Å²) in [5.41, 5.74) is 0.300. The van der Waals surface area contributed by atoms with Gasteiger partial charge in [-0.2, -0.15) is 14.0 Å². The van der Waals surface area contributed by atoms with Crippen molar-refractivity contribution in [3.63, 3.8) is 0 Å². The summed E-state index contributed by atoms with van der Waals surface area (Å²) in [5, 5.41) is 11.7. The Morgan fingerprint density at radius 2 is 2.00 bits per heavy atom. The molecule has 0 radical (unpaired) electrons. The minimum atomic E-state index is -2.69. The van der Waals surface area contributed by atoms with Gasteiger partial charge >= 0.3 is 5.97 Å². The van der Waals surface area contributed by atoms with Crippen LogP contribution in [0, 0.1) is 11.3 Å². The van der Waals surface area contributed by atoms with Gasteiger partial charge in [-0.05, 0) is 30.3 Å². The average molecular weight is 397 g/mol. The molecule has 0 unspecified atom stereocenters. The Balaban J connectivity index is 2.01. The SMILES string of the molecule is N#Cc1ccc(Cl)cc1NC(=O)COC(=O)c1ccccc1SC(F)F. The number of esters is 1. The minimum Gasteiger partial charge on any atom is -0.452 e. The van der Waals surface area contributed by atoms with Crippen LogP contribution in [0.5, 0.6) is 0 Å². The molecule has 0 spiro atoms. The van der Waals surface area contributed by atoms with E-state index in [1.165, 1.54) is 42.5 Å². The fourth-order valence-electron chi connectivity index (χ4n) is 1.95. The van der Waals surface area contributed by atoms with Gasteiger partial charge in [0.2, 0.25) is 0 Å². The number of carbonyl (C=O) groups is 2. The molecule has 0 heterocycles. The van der Waals surface area contributed by atoms with Crippen LogP contribution in [-0.4, -0.2) is 24.2 Å². The normalized spacial score (nSPS) is 10.3. The number of alkyl halides is 2. The lowest BCUT2D eigenvalue weighted by Gasteiger charge is -2.10. The number of anilines is 1. The second-order valence-corrected chi connectivity index (χ2v) is 6.27. The van der Waals surface area contributed by atoms with E-state index in [4.69, 9.17) is 21.6 Å². The number of hydrogen-bond donors (Lipinski definition) is 1. The van der Waals surface area contributed by atoms with Crippen molar-refractivity contribution in [3.05, 3.63) is 58.6 Å². The monoisotopic (exact) mass is 396 g/mol. The van der Waals surface area contributed by atoms with Crippen LogP contribution in [0.25, 0.3) is 0 Å². The lowest BCUT2D eigenvalue weighted by Crippen LogP contribution is -2.21. The van der Waals surface area contributed by atoms with Gasteiger partial charge in [0.05, 0.1) is 16.8 Å². The summed E-state index contributed by atoms with van der Waals surface area (Å²) in [4.78, 5) is 24.0. The lowest BCUT2D eigenvalue weighted by molar-refractivity contribution is -0.119. The van der Waals surface area contributed by atoms with Crippen molar-refractivity contribution in [2.45, 2.75) is 10.7 Å². The Morgan fingerprint density at radius 3 is 2.69 bits per heavy atom. The van der Waals surface area contributed by atoms with Crippen molar-refractivity contribution in [2.24, 2.45) is 0 Å². The van der Waals surface area contributed by atoms with E-state index in [0.29, 0.717) is 5.02 Å². The zero-order valence-corrected chi connectivity index (χ0v) is 14.6. The van der Waals surface area contributed by atoms with Gasteiger partial charge in [0.15, 0.2) is 6.61 Å². The number of benzene rings is 2. The van der Waals surface area contributed by atoms with Gasteiger partial charge < -0.3 is 10.1 Å². The Kier molecular flexibility index (Phi) is 6.95. The predicted octanol–water partition coefficient (Wildman–Crippen LogP) is 4.32. The molecule has 0 bridgehead atoms. The molecule has 1 N–H and O–H groups in total. The molecule has 0 aliphatic carbocycles. The molecular formula is C17H11ClF2N2O3S. The van der Waals surface area contributed by atoms with Crippen LogP contribution in [0.15, 0.2) is 47.4 Å². The van der Waals surface area contributed by atoms with Gasteiger partial charge in [-0.3, -0.25) is 4.79 Å². The average Bonchev–Trinajstić information content (AvgIpc) is 2.60. The summed E-state index contributed by atoms with van der Waals surface area (Å²) in [6.07, 6.45) is 0. The fraction of sp³-hybridized carbons (Fsp3) is 0.118. The first-order chi connectivity index (χ1) is 12.4. The quantitative estimate of drug-likeness (QED) is 0.581. The number of ether oxygens (including phenoxy) is 1. The van der Waals surface area contributed by atoms with E-state index in [1.54, 1.807) is 0 Å². The second kappa shape index (κ2) is 9.17. The van der Waals surface area contributed by atoms with Gasteiger partial charge in [-0.25, -0.2) is 4.79 Å². The Labute approximate surface area is 156 Å². The first-order valence-electron chi connectivity index (χ1n) is 7.11. The maximum absolute atomic E-state index is 12.5. The first kappa shape index (κ1) is 19.7. The molecule has 2 aromatic rings. The summed E-state index contributed by atoms with van der Waals surface area (Å²) in [6, 6.07) is 11.9. The molecule has 0 fully saturated rings.